The van der Waals surface area contributed by atoms with E-state index in [9.17, 15) is 23.3 Å². The number of halogens is 3. The van der Waals surface area contributed by atoms with Gasteiger partial charge < -0.3 is 15.4 Å². The topological polar surface area (TPSA) is 73.0 Å². The van der Waals surface area contributed by atoms with Crippen LogP contribution >= 0.6 is 0 Å². The van der Waals surface area contributed by atoms with Crippen molar-refractivity contribution in [1.29, 1.82) is 0 Å². The number of rotatable bonds is 6. The Morgan fingerprint density at radius 1 is 1.50 bits per heavy atom. The number of anilines is 1. The predicted molar refractivity (Wildman–Crippen MR) is 58.3 cm³/mol. The fourth-order valence-electron chi connectivity index (χ4n) is 1.41. The second-order valence-electron chi connectivity index (χ2n) is 3.78. The zero-order valence-electron chi connectivity index (χ0n) is 9.70. The molecule has 1 rings (SSSR count). The van der Waals surface area contributed by atoms with Gasteiger partial charge in [0.15, 0.2) is 0 Å². The molecular weight excluding hydrogens is 253 g/mol. The molecule has 1 N–H and O–H groups in total. The first-order valence-electron chi connectivity index (χ1n) is 5.27. The van der Waals surface area contributed by atoms with Crippen LogP contribution in [0.4, 0.5) is 24.8 Å². The third-order valence-corrected chi connectivity index (χ3v) is 2.27. The molecule has 0 spiro atoms. The summed E-state index contributed by atoms with van der Waals surface area (Å²) in [7, 11) is 1.57. The van der Waals surface area contributed by atoms with Crippen molar-refractivity contribution >= 4 is 11.6 Å². The minimum atomic E-state index is -4.15. The number of unbranched alkanes of at least 4 members (excludes halogenated alkanes) is 1. The molecule has 0 saturated heterocycles. The Bertz CT molecular complexity index is 416. The van der Waals surface area contributed by atoms with Crippen LogP contribution in [0.25, 0.3) is 0 Å². The minimum absolute atomic E-state index is 0.0118. The van der Waals surface area contributed by atoms with Crippen LogP contribution in [0.1, 0.15) is 19.3 Å². The summed E-state index contributed by atoms with van der Waals surface area (Å²) in [6.07, 6.45) is -3.46. The molecule has 0 radical (unpaired) electrons. The molecule has 0 aliphatic heterocycles. The lowest BCUT2D eigenvalue weighted by Gasteiger charge is -2.07. The highest BCUT2D eigenvalue weighted by Gasteiger charge is 2.26. The fraction of sp³-hybridized carbons (Fsp3) is 0.667. The van der Waals surface area contributed by atoms with Gasteiger partial charge in [-0.05, 0) is 22.7 Å². The Hall–Kier alpha value is -1.80. The summed E-state index contributed by atoms with van der Waals surface area (Å²) in [5.41, 5.74) is 0. The van der Waals surface area contributed by atoms with E-state index in [2.05, 4.69) is 10.3 Å². The Labute approximate surface area is 101 Å². The van der Waals surface area contributed by atoms with Gasteiger partial charge in [0.05, 0.1) is 0 Å². The van der Waals surface area contributed by atoms with Crippen LogP contribution in [0.5, 0.6) is 0 Å². The van der Waals surface area contributed by atoms with Crippen LogP contribution in [0.2, 0.25) is 0 Å². The molecule has 0 saturated carbocycles. The molecule has 0 aromatic carbocycles. The second-order valence-corrected chi connectivity index (χ2v) is 3.78. The van der Waals surface area contributed by atoms with E-state index < -0.39 is 17.5 Å². The molecule has 0 fully saturated rings. The van der Waals surface area contributed by atoms with Crippen molar-refractivity contribution in [1.82, 2.24) is 9.55 Å². The van der Waals surface area contributed by atoms with E-state index in [-0.39, 0.29) is 31.0 Å². The number of aromatic nitrogens is 2. The van der Waals surface area contributed by atoms with Gasteiger partial charge >= 0.3 is 12.0 Å². The first-order chi connectivity index (χ1) is 8.31. The zero-order valence-corrected chi connectivity index (χ0v) is 9.70. The molecule has 0 aliphatic carbocycles. The summed E-state index contributed by atoms with van der Waals surface area (Å²) >= 11 is 0. The highest BCUT2D eigenvalue weighted by Crippen LogP contribution is 2.23. The van der Waals surface area contributed by atoms with Gasteiger partial charge in [0, 0.05) is 20.0 Å². The Morgan fingerprint density at radius 3 is 2.72 bits per heavy atom. The second kappa shape index (κ2) is 5.69. The molecule has 0 atom stereocenters. The van der Waals surface area contributed by atoms with E-state index in [4.69, 9.17) is 0 Å². The lowest BCUT2D eigenvalue weighted by Crippen LogP contribution is -2.10. The van der Waals surface area contributed by atoms with Crippen molar-refractivity contribution in [2.24, 2.45) is 7.05 Å². The van der Waals surface area contributed by atoms with Gasteiger partial charge in [-0.2, -0.15) is 13.2 Å². The van der Waals surface area contributed by atoms with Gasteiger partial charge in [-0.1, -0.05) is 0 Å². The maximum absolute atomic E-state index is 11.9. The summed E-state index contributed by atoms with van der Waals surface area (Å²) in [4.78, 5) is 13.5. The van der Waals surface area contributed by atoms with Crippen molar-refractivity contribution in [3.63, 3.8) is 0 Å². The minimum Gasteiger partial charge on any atom is -0.364 e. The van der Waals surface area contributed by atoms with E-state index in [1.54, 1.807) is 7.05 Å². The van der Waals surface area contributed by atoms with Crippen LogP contribution < -0.4 is 5.32 Å². The number of alkyl halides is 3. The van der Waals surface area contributed by atoms with Crippen molar-refractivity contribution < 1.29 is 18.1 Å². The smallest absolute Gasteiger partial charge is 0.364 e. The first kappa shape index (κ1) is 14.3. The third-order valence-electron chi connectivity index (χ3n) is 2.27. The molecule has 0 amide bonds. The molecule has 1 aromatic rings. The average Bonchev–Trinajstić information content (AvgIpc) is 2.58. The molecule has 0 aliphatic rings. The zero-order chi connectivity index (χ0) is 13.8. The Morgan fingerprint density at radius 2 is 2.17 bits per heavy atom. The van der Waals surface area contributed by atoms with E-state index >= 15 is 0 Å². The molecular formula is C9H13F3N4O2. The summed E-state index contributed by atoms with van der Waals surface area (Å²) in [5.74, 6) is -0.125. The number of nitrogens with zero attached hydrogens (tertiary/aromatic N) is 3. The van der Waals surface area contributed by atoms with Crippen LogP contribution in [-0.2, 0) is 7.05 Å². The third kappa shape index (κ3) is 4.22. The van der Waals surface area contributed by atoms with E-state index in [1.165, 1.54) is 10.9 Å². The summed E-state index contributed by atoms with van der Waals surface area (Å²) in [6, 6.07) is 0. The number of nitro groups is 1. The van der Waals surface area contributed by atoms with Crippen molar-refractivity contribution in [3.8, 4) is 0 Å². The number of imidazole rings is 1. The van der Waals surface area contributed by atoms with Gasteiger partial charge in [0.2, 0.25) is 12.1 Å². The van der Waals surface area contributed by atoms with E-state index in [1.807, 2.05) is 0 Å². The first-order valence-corrected chi connectivity index (χ1v) is 5.27. The van der Waals surface area contributed by atoms with E-state index in [0.717, 1.165) is 0 Å². The van der Waals surface area contributed by atoms with Crippen molar-refractivity contribution in [2.45, 2.75) is 25.4 Å². The lowest BCUT2D eigenvalue weighted by molar-refractivity contribution is -0.388. The highest BCUT2D eigenvalue weighted by atomic mass is 19.4. The maximum atomic E-state index is 11.9. The Kier molecular flexibility index (Phi) is 4.51. The summed E-state index contributed by atoms with van der Waals surface area (Å²) in [6.45, 7) is 0.233. The van der Waals surface area contributed by atoms with Crippen LogP contribution in [0.3, 0.4) is 0 Å². The molecule has 1 aromatic heterocycles. The van der Waals surface area contributed by atoms with E-state index in [0.29, 0.717) is 0 Å². The molecule has 9 heteroatoms. The van der Waals surface area contributed by atoms with Gasteiger partial charge in [0.1, 0.15) is 0 Å². The van der Waals surface area contributed by atoms with Crippen LogP contribution in [0, 0.1) is 10.1 Å². The molecule has 1 heterocycles. The van der Waals surface area contributed by atoms with Crippen LogP contribution in [-0.4, -0.2) is 27.2 Å². The van der Waals surface area contributed by atoms with Crippen LogP contribution in [0.15, 0.2) is 6.33 Å². The number of aryl methyl sites for hydroxylation is 1. The normalized spacial score (nSPS) is 11.6. The van der Waals surface area contributed by atoms with Gasteiger partial charge in [-0.15, -0.1) is 0 Å². The summed E-state index contributed by atoms with van der Waals surface area (Å²) < 4.78 is 37.0. The number of hydrogen-bond donors (Lipinski definition) is 1. The summed E-state index contributed by atoms with van der Waals surface area (Å²) in [5, 5.41) is 13.3. The maximum Gasteiger partial charge on any atom is 0.406 e. The van der Waals surface area contributed by atoms with Gasteiger partial charge in [-0.25, -0.2) is 0 Å². The van der Waals surface area contributed by atoms with Gasteiger partial charge in [-0.3, -0.25) is 4.57 Å². The number of nitrogens with one attached hydrogen (secondary N) is 1. The molecule has 0 bridgehead atoms. The standard InChI is InChI=1S/C9H13F3N4O2/c1-15-6-14-8(16(17)18)7(15)13-5-3-2-4-9(10,11)12/h6,13H,2-5H2,1H3. The van der Waals surface area contributed by atoms with Crippen molar-refractivity contribution in [2.75, 3.05) is 11.9 Å². The van der Waals surface area contributed by atoms with Gasteiger partial charge in [0.25, 0.3) is 0 Å². The quantitative estimate of drug-likeness (QED) is 0.487. The largest absolute Gasteiger partial charge is 0.406 e. The SMILES string of the molecule is Cn1cnc([N+](=O)[O-])c1NCCCCC(F)(F)F. The molecule has 6 nitrogen and oxygen atoms in total. The lowest BCUT2D eigenvalue weighted by atomic mass is 10.2. The predicted octanol–water partition coefficient (Wildman–Crippen LogP) is 2.47. The molecule has 0 unspecified atom stereocenters. The highest BCUT2D eigenvalue weighted by molar-refractivity contribution is 5.51. The monoisotopic (exact) mass is 266 g/mol. The molecule has 18 heavy (non-hydrogen) atoms. The molecule has 102 valence electrons. The van der Waals surface area contributed by atoms with Crippen molar-refractivity contribution in [3.05, 3.63) is 16.4 Å². The number of hydrogen-bond acceptors (Lipinski definition) is 4. The fourth-order valence-corrected chi connectivity index (χ4v) is 1.41. The Balaban J connectivity index is 2.40. The average molecular weight is 266 g/mol.